The molecule has 0 bridgehead atoms. The maximum absolute atomic E-state index is 5.32. The highest BCUT2D eigenvalue weighted by Gasteiger charge is 1.80. The van der Waals surface area contributed by atoms with E-state index in [9.17, 15) is 0 Å². The van der Waals surface area contributed by atoms with Crippen LogP contribution in [0.4, 0.5) is 0 Å². The van der Waals surface area contributed by atoms with Gasteiger partial charge in [-0.05, 0) is 17.5 Å². The van der Waals surface area contributed by atoms with E-state index in [0.717, 1.165) is 0 Å². The van der Waals surface area contributed by atoms with Crippen molar-refractivity contribution in [3.8, 4) is 0 Å². The molecule has 0 radical (unpaired) electrons. The van der Waals surface area contributed by atoms with Gasteiger partial charge in [-0.1, -0.05) is 17.7 Å². The second-order valence-electron chi connectivity index (χ2n) is 1.31. The van der Waals surface area contributed by atoms with Crippen LogP contribution >= 0.6 is 22.9 Å². The molecule has 0 nitrogen and oxygen atoms in total. The monoisotopic (exact) mass is 144 g/mol. The number of thiophene rings is 1. The standard InChI is InChI=1S/C6H5ClS/c7-4-3-6-2-1-5-8-6/h1-5H/b4-3+. The van der Waals surface area contributed by atoms with E-state index < -0.39 is 0 Å². The van der Waals surface area contributed by atoms with Crippen molar-refractivity contribution in [2.24, 2.45) is 0 Å². The zero-order valence-electron chi connectivity index (χ0n) is 4.17. The number of hydrogen-bond donors (Lipinski definition) is 0. The van der Waals surface area contributed by atoms with E-state index in [1.165, 1.54) is 10.4 Å². The molecule has 2 heteroatoms. The summed E-state index contributed by atoms with van der Waals surface area (Å²) in [6.07, 6.45) is 1.87. The van der Waals surface area contributed by atoms with Crippen LogP contribution in [0.25, 0.3) is 6.08 Å². The molecule has 0 aliphatic carbocycles. The topological polar surface area (TPSA) is 0 Å². The molecule has 0 N–H and O–H groups in total. The van der Waals surface area contributed by atoms with Gasteiger partial charge < -0.3 is 0 Å². The molecule has 1 heterocycles. The van der Waals surface area contributed by atoms with Crippen LogP contribution in [0.5, 0.6) is 0 Å². The van der Waals surface area contributed by atoms with Crippen molar-refractivity contribution in [1.82, 2.24) is 0 Å². The summed E-state index contributed by atoms with van der Waals surface area (Å²) < 4.78 is 0. The van der Waals surface area contributed by atoms with Crippen LogP contribution in [0, 0.1) is 0 Å². The molecule has 0 aliphatic heterocycles. The number of hydrogen-bond acceptors (Lipinski definition) is 1. The average molecular weight is 145 g/mol. The molecule has 0 aromatic carbocycles. The smallest absolute Gasteiger partial charge is 0.0279 e. The third-order valence-corrected chi connectivity index (χ3v) is 1.73. The quantitative estimate of drug-likeness (QED) is 0.569. The molecule has 1 aromatic heterocycles. The minimum Gasteiger partial charge on any atom is -0.144 e. The second-order valence-corrected chi connectivity index (χ2v) is 2.54. The van der Waals surface area contributed by atoms with Crippen molar-refractivity contribution < 1.29 is 0 Å². The predicted octanol–water partition coefficient (Wildman–Crippen LogP) is 2.96. The molecule has 0 atom stereocenters. The lowest BCUT2D eigenvalue weighted by atomic mass is 10.5. The summed E-state index contributed by atoms with van der Waals surface area (Å²) in [5.74, 6) is 0. The number of rotatable bonds is 1. The molecule has 8 heavy (non-hydrogen) atoms. The fourth-order valence-corrected chi connectivity index (χ4v) is 1.28. The van der Waals surface area contributed by atoms with Crippen LogP contribution in [0.1, 0.15) is 4.88 Å². The molecule has 0 aliphatic rings. The van der Waals surface area contributed by atoms with E-state index >= 15 is 0 Å². The summed E-state index contributed by atoms with van der Waals surface area (Å²) >= 11 is 7.00. The van der Waals surface area contributed by atoms with Crippen LogP contribution in [-0.2, 0) is 0 Å². The highest BCUT2D eigenvalue weighted by Crippen LogP contribution is 2.10. The van der Waals surface area contributed by atoms with Gasteiger partial charge in [0.2, 0.25) is 0 Å². The minimum absolute atomic E-state index is 1.19. The van der Waals surface area contributed by atoms with E-state index in [1.807, 2.05) is 23.6 Å². The summed E-state index contributed by atoms with van der Waals surface area (Å²) in [6.45, 7) is 0. The summed E-state index contributed by atoms with van der Waals surface area (Å²) in [5.41, 5.74) is 1.52. The van der Waals surface area contributed by atoms with Gasteiger partial charge in [0.25, 0.3) is 0 Å². The van der Waals surface area contributed by atoms with E-state index in [4.69, 9.17) is 11.6 Å². The molecule has 42 valence electrons. The molecular weight excluding hydrogens is 140 g/mol. The maximum Gasteiger partial charge on any atom is 0.0279 e. The van der Waals surface area contributed by atoms with Crippen molar-refractivity contribution in [2.75, 3.05) is 0 Å². The fraction of sp³-hybridized carbons (Fsp3) is 0. The van der Waals surface area contributed by atoms with Crippen molar-refractivity contribution >= 4 is 29.0 Å². The van der Waals surface area contributed by atoms with E-state index in [1.54, 1.807) is 11.3 Å². The summed E-state index contributed by atoms with van der Waals surface area (Å²) in [7, 11) is 0. The van der Waals surface area contributed by atoms with Crippen LogP contribution in [0.3, 0.4) is 0 Å². The first kappa shape index (κ1) is 5.86. The van der Waals surface area contributed by atoms with E-state index in [2.05, 4.69) is 0 Å². The molecule has 0 unspecified atom stereocenters. The van der Waals surface area contributed by atoms with Gasteiger partial charge >= 0.3 is 0 Å². The Morgan fingerprint density at radius 3 is 3.00 bits per heavy atom. The van der Waals surface area contributed by atoms with E-state index in [-0.39, 0.29) is 0 Å². The van der Waals surface area contributed by atoms with Gasteiger partial charge in [0.15, 0.2) is 0 Å². The largest absolute Gasteiger partial charge is 0.144 e. The highest BCUT2D eigenvalue weighted by atomic mass is 35.5. The fourth-order valence-electron chi connectivity index (χ4n) is 0.448. The molecule has 0 saturated heterocycles. The Hall–Kier alpha value is -0.270. The van der Waals surface area contributed by atoms with Crippen LogP contribution < -0.4 is 0 Å². The van der Waals surface area contributed by atoms with Crippen LogP contribution in [0.2, 0.25) is 0 Å². The minimum atomic E-state index is 1.19. The second kappa shape index (κ2) is 2.90. The van der Waals surface area contributed by atoms with Gasteiger partial charge in [-0.15, -0.1) is 11.3 Å². The third kappa shape index (κ3) is 1.35. The van der Waals surface area contributed by atoms with Crippen molar-refractivity contribution in [3.05, 3.63) is 27.9 Å². The van der Waals surface area contributed by atoms with Crippen LogP contribution in [-0.4, -0.2) is 0 Å². The summed E-state index contributed by atoms with van der Waals surface area (Å²) in [5, 5.41) is 2.02. The Balaban J connectivity index is 2.77. The molecule has 1 aromatic rings. The molecule has 1 rings (SSSR count). The lowest BCUT2D eigenvalue weighted by Gasteiger charge is -1.73. The first-order valence-corrected chi connectivity index (χ1v) is 3.55. The first-order valence-electron chi connectivity index (χ1n) is 2.24. The SMILES string of the molecule is Cl/C=C/c1cccs1. The normalized spacial score (nSPS) is 10.6. The Bertz CT molecular complexity index is 165. The van der Waals surface area contributed by atoms with Gasteiger partial charge in [0.1, 0.15) is 0 Å². The Morgan fingerprint density at radius 1 is 1.62 bits per heavy atom. The molecule has 0 saturated carbocycles. The highest BCUT2D eigenvalue weighted by molar-refractivity contribution is 7.10. The van der Waals surface area contributed by atoms with Crippen LogP contribution in [0.15, 0.2) is 23.0 Å². The Morgan fingerprint density at radius 2 is 2.50 bits per heavy atom. The predicted molar refractivity (Wildman–Crippen MR) is 39.2 cm³/mol. The first-order chi connectivity index (χ1) is 3.93. The van der Waals surface area contributed by atoms with Crippen molar-refractivity contribution in [3.63, 3.8) is 0 Å². The summed E-state index contributed by atoms with van der Waals surface area (Å²) in [4.78, 5) is 1.19. The van der Waals surface area contributed by atoms with Crippen molar-refractivity contribution in [2.45, 2.75) is 0 Å². The molecular formula is C6H5ClS. The Kier molecular flexibility index (Phi) is 2.12. The average Bonchev–Trinajstić information content (AvgIpc) is 2.19. The lowest BCUT2D eigenvalue weighted by Crippen LogP contribution is -1.48. The van der Waals surface area contributed by atoms with Gasteiger partial charge in [0.05, 0.1) is 0 Å². The maximum atomic E-state index is 5.32. The Labute approximate surface area is 57.4 Å². The molecule has 0 amide bonds. The van der Waals surface area contributed by atoms with Gasteiger partial charge in [-0.2, -0.15) is 0 Å². The summed E-state index contributed by atoms with van der Waals surface area (Å²) in [6, 6.07) is 4.01. The zero-order valence-corrected chi connectivity index (χ0v) is 5.75. The third-order valence-electron chi connectivity index (χ3n) is 0.770. The van der Waals surface area contributed by atoms with Crippen molar-refractivity contribution in [1.29, 1.82) is 0 Å². The zero-order chi connectivity index (χ0) is 5.82. The number of halogens is 1. The molecule has 0 spiro atoms. The van der Waals surface area contributed by atoms with Gasteiger partial charge in [-0.25, -0.2) is 0 Å². The van der Waals surface area contributed by atoms with E-state index in [0.29, 0.717) is 0 Å². The van der Waals surface area contributed by atoms with Gasteiger partial charge in [-0.3, -0.25) is 0 Å². The lowest BCUT2D eigenvalue weighted by molar-refractivity contribution is 1.96. The van der Waals surface area contributed by atoms with Gasteiger partial charge in [0, 0.05) is 10.4 Å². The molecule has 0 fully saturated rings.